The number of nitrogens with one attached hydrogen (secondary N) is 1. The summed E-state index contributed by atoms with van der Waals surface area (Å²) in [4.78, 5) is 0. The van der Waals surface area contributed by atoms with Gasteiger partial charge in [0, 0.05) is 0 Å². The maximum Gasteiger partial charge on any atom is -0.00429 e. The van der Waals surface area contributed by atoms with Crippen molar-refractivity contribution in [3.8, 4) is 0 Å². The molecule has 1 atom stereocenters. The zero-order chi connectivity index (χ0) is 8.83. The van der Waals surface area contributed by atoms with Crippen molar-refractivity contribution in [2.75, 3.05) is 19.6 Å². The van der Waals surface area contributed by atoms with Crippen LogP contribution in [0.3, 0.4) is 0 Å². The van der Waals surface area contributed by atoms with Crippen LogP contribution < -0.4 is 16.6 Å². The minimum Gasteiger partial charge on any atom is -0.331 e. The summed E-state index contributed by atoms with van der Waals surface area (Å²) in [5.74, 6) is 0. The van der Waals surface area contributed by atoms with Crippen LogP contribution in [0.1, 0.15) is 20.8 Å². The maximum absolute atomic E-state index is 4.85. The summed E-state index contributed by atoms with van der Waals surface area (Å²) in [6.07, 6.45) is 0. The van der Waals surface area contributed by atoms with E-state index < -0.39 is 0 Å². The molecule has 3 nitrogen and oxygen atoms in total. The second-order valence-electron chi connectivity index (χ2n) is 1.37. The molecule has 0 aromatic heterocycles. The Morgan fingerprint density at radius 3 is 1.20 bits per heavy atom. The van der Waals surface area contributed by atoms with Crippen LogP contribution in [0.4, 0.5) is 0 Å². The summed E-state index contributed by atoms with van der Waals surface area (Å²) in [6.45, 7) is 8.39. The molecule has 0 radical (unpaired) electrons. The van der Waals surface area contributed by atoms with Gasteiger partial charge in [-0.1, -0.05) is 30.2 Å². The van der Waals surface area contributed by atoms with Crippen molar-refractivity contribution in [2.45, 2.75) is 20.8 Å². The van der Waals surface area contributed by atoms with Gasteiger partial charge in [0.05, 0.1) is 0 Å². The van der Waals surface area contributed by atoms with Crippen molar-refractivity contribution < 1.29 is 0 Å². The maximum atomic E-state index is 4.85. The second kappa shape index (κ2) is 34.6. The quantitative estimate of drug-likeness (QED) is 0.493. The SMILES string of the molecule is CCN.CCN.CCNP. The highest BCUT2D eigenvalue weighted by Crippen LogP contribution is 1.59. The first-order valence-electron chi connectivity index (χ1n) is 3.58. The number of nitrogens with two attached hydrogens (primary N) is 2. The topological polar surface area (TPSA) is 64.1 Å². The smallest absolute Gasteiger partial charge is 0.00429 e. The van der Waals surface area contributed by atoms with Crippen molar-refractivity contribution in [3.63, 3.8) is 0 Å². The molecule has 0 aromatic carbocycles. The van der Waals surface area contributed by atoms with Gasteiger partial charge in [0.1, 0.15) is 0 Å². The van der Waals surface area contributed by atoms with E-state index in [9.17, 15) is 0 Å². The Labute approximate surface area is 67.2 Å². The summed E-state index contributed by atoms with van der Waals surface area (Å²) >= 11 is 0. The molecule has 1 unspecified atom stereocenters. The highest BCUT2D eigenvalue weighted by molar-refractivity contribution is 7.13. The van der Waals surface area contributed by atoms with Gasteiger partial charge in [-0.3, -0.25) is 0 Å². The third kappa shape index (κ3) is 259. The molecule has 0 bridgehead atoms. The normalized spacial score (nSPS) is 6.60. The molecule has 0 aliphatic heterocycles. The molecule has 10 heavy (non-hydrogen) atoms. The van der Waals surface area contributed by atoms with Gasteiger partial charge in [-0.05, 0) is 19.6 Å². The van der Waals surface area contributed by atoms with E-state index >= 15 is 0 Å². The zero-order valence-electron chi connectivity index (χ0n) is 7.35. The standard InChI is InChI=1S/C2H8NP.2C2H7N/c1-2-3-4;2*1-2-3/h3H,2,4H2,1H3;2*2-3H2,1H3. The van der Waals surface area contributed by atoms with E-state index in [4.69, 9.17) is 11.5 Å². The van der Waals surface area contributed by atoms with E-state index in [2.05, 4.69) is 14.5 Å². The van der Waals surface area contributed by atoms with Crippen LogP contribution in [-0.4, -0.2) is 19.6 Å². The van der Waals surface area contributed by atoms with E-state index in [1.165, 1.54) is 0 Å². The van der Waals surface area contributed by atoms with Crippen LogP contribution in [0.15, 0.2) is 0 Å². The van der Waals surface area contributed by atoms with Crippen LogP contribution in [0.2, 0.25) is 0 Å². The number of hydrogen-bond donors (Lipinski definition) is 3. The van der Waals surface area contributed by atoms with Crippen molar-refractivity contribution in [2.24, 2.45) is 11.5 Å². The van der Waals surface area contributed by atoms with Gasteiger partial charge in [0.15, 0.2) is 0 Å². The Bertz CT molecular complexity index is 25.0. The third-order valence-electron chi connectivity index (χ3n) is 0.204. The first-order valence-corrected chi connectivity index (χ1v) is 4.16. The van der Waals surface area contributed by atoms with Crippen LogP contribution in [0, 0.1) is 0 Å². The number of hydrogen-bond acceptors (Lipinski definition) is 3. The first-order chi connectivity index (χ1) is 4.74. The van der Waals surface area contributed by atoms with Gasteiger partial charge in [0.25, 0.3) is 0 Å². The Kier molecular flexibility index (Phi) is 57.9. The highest BCUT2D eigenvalue weighted by atomic mass is 31.0. The molecule has 66 valence electrons. The average molecular weight is 167 g/mol. The van der Waals surface area contributed by atoms with Crippen molar-refractivity contribution in [1.82, 2.24) is 5.09 Å². The van der Waals surface area contributed by atoms with E-state index in [1.807, 2.05) is 20.8 Å². The summed E-state index contributed by atoms with van der Waals surface area (Å²) in [5, 5.41) is 2.85. The fourth-order valence-electron chi connectivity index (χ4n) is 0. The minimum atomic E-state index is 0.750. The van der Waals surface area contributed by atoms with Crippen LogP contribution in [-0.2, 0) is 0 Å². The molecule has 0 aliphatic rings. The monoisotopic (exact) mass is 167 g/mol. The Morgan fingerprint density at radius 2 is 1.20 bits per heavy atom. The Hall–Kier alpha value is 0.310. The second-order valence-corrected chi connectivity index (χ2v) is 1.78. The van der Waals surface area contributed by atoms with Crippen LogP contribution in [0.5, 0.6) is 0 Å². The van der Waals surface area contributed by atoms with E-state index in [1.54, 1.807) is 0 Å². The van der Waals surface area contributed by atoms with E-state index in [0.29, 0.717) is 0 Å². The molecule has 0 amide bonds. The summed E-state index contributed by atoms with van der Waals surface area (Å²) in [7, 11) is 2.41. The van der Waals surface area contributed by atoms with Gasteiger partial charge in [0.2, 0.25) is 0 Å². The molecule has 4 heteroatoms. The molecule has 0 spiro atoms. The Morgan fingerprint density at radius 1 is 1.10 bits per heavy atom. The van der Waals surface area contributed by atoms with Crippen molar-refractivity contribution in [3.05, 3.63) is 0 Å². The fraction of sp³-hybridized carbons (Fsp3) is 1.00. The average Bonchev–Trinajstić information content (AvgIpc) is 1.91. The molecule has 0 rings (SSSR count). The molecular formula is C6H22N3P. The molecule has 0 aromatic rings. The fourth-order valence-corrected chi connectivity index (χ4v) is 0. The van der Waals surface area contributed by atoms with E-state index in [0.717, 1.165) is 19.6 Å². The molecular weight excluding hydrogens is 145 g/mol. The largest absolute Gasteiger partial charge is 0.331 e. The summed E-state index contributed by atoms with van der Waals surface area (Å²) < 4.78 is 0. The Balaban J connectivity index is -0.0000000750. The summed E-state index contributed by atoms with van der Waals surface area (Å²) in [6, 6.07) is 0. The lowest BCUT2D eigenvalue weighted by atomic mass is 10.8. The van der Waals surface area contributed by atoms with Gasteiger partial charge < -0.3 is 16.6 Å². The number of rotatable bonds is 1. The zero-order valence-corrected chi connectivity index (χ0v) is 8.51. The molecule has 0 saturated heterocycles. The van der Waals surface area contributed by atoms with Crippen LogP contribution in [0.25, 0.3) is 0 Å². The van der Waals surface area contributed by atoms with Crippen molar-refractivity contribution >= 4 is 9.39 Å². The molecule has 0 fully saturated rings. The lowest BCUT2D eigenvalue weighted by molar-refractivity contribution is 1.04. The molecule has 0 heterocycles. The van der Waals surface area contributed by atoms with Gasteiger partial charge in [-0.25, -0.2) is 0 Å². The third-order valence-corrected chi connectivity index (χ3v) is 0.612. The van der Waals surface area contributed by atoms with Crippen LogP contribution >= 0.6 is 9.39 Å². The molecule has 0 saturated carbocycles. The predicted octanol–water partition coefficient (Wildman–Crippen LogP) is 0.316. The lowest BCUT2D eigenvalue weighted by Gasteiger charge is -1.75. The minimum absolute atomic E-state index is 0.750. The lowest BCUT2D eigenvalue weighted by Crippen LogP contribution is -1.90. The molecule has 0 aliphatic carbocycles. The van der Waals surface area contributed by atoms with Gasteiger partial charge in [-0.2, -0.15) is 0 Å². The van der Waals surface area contributed by atoms with E-state index in [-0.39, 0.29) is 0 Å². The highest BCUT2D eigenvalue weighted by Gasteiger charge is 1.50. The first kappa shape index (κ1) is 16.7. The van der Waals surface area contributed by atoms with Gasteiger partial charge >= 0.3 is 0 Å². The predicted molar refractivity (Wildman–Crippen MR) is 52.8 cm³/mol. The van der Waals surface area contributed by atoms with Crippen molar-refractivity contribution in [1.29, 1.82) is 0 Å². The molecule has 5 N–H and O–H groups in total. The van der Waals surface area contributed by atoms with Gasteiger partial charge in [-0.15, -0.1) is 0 Å². The summed E-state index contributed by atoms with van der Waals surface area (Å²) in [5.41, 5.74) is 9.69.